The minimum Gasteiger partial charge on any atom is -0.352 e. The number of nitrogens with zero attached hydrogens (tertiary/aromatic N) is 2. The Hall–Kier alpha value is -2.99. The number of aromatic nitrogens is 2. The van der Waals surface area contributed by atoms with Gasteiger partial charge in [-0.1, -0.05) is 0 Å². The molecular weight excluding hydrogens is 462 g/mol. The fourth-order valence-electron chi connectivity index (χ4n) is 3.11. The molecule has 0 bridgehead atoms. The van der Waals surface area contributed by atoms with Crippen molar-refractivity contribution in [3.8, 4) is 11.1 Å². The van der Waals surface area contributed by atoms with E-state index >= 15 is 0 Å². The fourth-order valence-corrected chi connectivity index (χ4v) is 5.64. The first-order chi connectivity index (χ1) is 15.1. The standard InChI is InChI=1S/C20H18F2N4O4S2/c1-32(29,30)18(19(28)24-9-17(27)25-12-2-3-12)20-26-15-6-14(22)13(5-16(15)31-20)10-4-11(21)8-23-7-10/h4-8,12,18H,2-3,9H2,1H3,(H,24,28)(H,25,27). The van der Waals surface area contributed by atoms with Gasteiger partial charge in [0.05, 0.1) is 23.0 Å². The molecule has 0 aliphatic heterocycles. The third-order valence-corrected chi connectivity index (χ3v) is 7.29. The van der Waals surface area contributed by atoms with Gasteiger partial charge in [0.25, 0.3) is 0 Å². The normalized spacial score (nSPS) is 14.8. The van der Waals surface area contributed by atoms with Gasteiger partial charge >= 0.3 is 0 Å². The molecule has 0 saturated heterocycles. The van der Waals surface area contributed by atoms with Gasteiger partial charge in [-0.3, -0.25) is 14.6 Å². The van der Waals surface area contributed by atoms with Crippen molar-refractivity contribution in [3.63, 3.8) is 0 Å². The number of hydrogen-bond donors (Lipinski definition) is 2. The summed E-state index contributed by atoms with van der Waals surface area (Å²) >= 11 is 0.905. The van der Waals surface area contributed by atoms with Gasteiger partial charge in [0.1, 0.15) is 16.6 Å². The van der Waals surface area contributed by atoms with Crippen molar-refractivity contribution in [1.29, 1.82) is 0 Å². The summed E-state index contributed by atoms with van der Waals surface area (Å²) in [6.45, 7) is -0.363. The lowest BCUT2D eigenvalue weighted by Gasteiger charge is -2.12. The van der Waals surface area contributed by atoms with Gasteiger partial charge in [-0.15, -0.1) is 11.3 Å². The van der Waals surface area contributed by atoms with Crippen LogP contribution in [0.3, 0.4) is 0 Å². The smallest absolute Gasteiger partial charge is 0.245 e. The lowest BCUT2D eigenvalue weighted by Crippen LogP contribution is -2.41. The highest BCUT2D eigenvalue weighted by Crippen LogP contribution is 2.35. The van der Waals surface area contributed by atoms with Gasteiger partial charge in [0.2, 0.25) is 11.8 Å². The Morgan fingerprint density at radius 2 is 1.97 bits per heavy atom. The second-order valence-corrected chi connectivity index (χ2v) is 10.7. The van der Waals surface area contributed by atoms with Crippen molar-refractivity contribution in [2.75, 3.05) is 12.8 Å². The van der Waals surface area contributed by atoms with Gasteiger partial charge < -0.3 is 10.6 Å². The van der Waals surface area contributed by atoms with Crippen LogP contribution in [-0.2, 0) is 19.4 Å². The number of sulfone groups is 1. The minimum atomic E-state index is -3.95. The highest BCUT2D eigenvalue weighted by Gasteiger charge is 2.34. The van der Waals surface area contributed by atoms with Gasteiger partial charge in [-0.2, -0.15) is 0 Å². The molecule has 0 radical (unpaired) electrons. The summed E-state index contributed by atoms with van der Waals surface area (Å²) in [5.41, 5.74) is 0.429. The Bertz CT molecular complexity index is 1320. The molecule has 1 aliphatic rings. The zero-order chi connectivity index (χ0) is 23.0. The number of thiazole rings is 1. The summed E-state index contributed by atoms with van der Waals surface area (Å²) in [4.78, 5) is 32.3. The second-order valence-electron chi connectivity index (χ2n) is 7.51. The molecule has 1 saturated carbocycles. The molecule has 32 heavy (non-hydrogen) atoms. The van der Waals surface area contributed by atoms with E-state index in [1.165, 1.54) is 12.3 Å². The summed E-state index contributed by atoms with van der Waals surface area (Å²) in [7, 11) is -3.95. The summed E-state index contributed by atoms with van der Waals surface area (Å²) in [5.74, 6) is -2.63. The summed E-state index contributed by atoms with van der Waals surface area (Å²) in [5, 5.41) is 3.31. The average molecular weight is 481 g/mol. The number of amides is 2. The first-order valence-electron chi connectivity index (χ1n) is 9.58. The molecule has 3 aromatic rings. The molecule has 1 atom stereocenters. The maximum Gasteiger partial charge on any atom is 0.245 e. The maximum atomic E-state index is 14.6. The van der Waals surface area contributed by atoms with Crippen molar-refractivity contribution in [3.05, 3.63) is 47.2 Å². The number of hydrogen-bond acceptors (Lipinski definition) is 7. The first kappa shape index (κ1) is 22.2. The van der Waals surface area contributed by atoms with E-state index in [9.17, 15) is 26.8 Å². The molecule has 2 amide bonds. The zero-order valence-electron chi connectivity index (χ0n) is 16.8. The molecule has 168 valence electrons. The molecule has 4 rings (SSSR count). The van der Waals surface area contributed by atoms with Crippen molar-refractivity contribution >= 4 is 43.2 Å². The number of fused-ring (bicyclic) bond motifs is 1. The van der Waals surface area contributed by atoms with Crippen LogP contribution < -0.4 is 10.6 Å². The quantitative estimate of drug-likeness (QED) is 0.535. The van der Waals surface area contributed by atoms with E-state index in [2.05, 4.69) is 20.6 Å². The zero-order valence-corrected chi connectivity index (χ0v) is 18.4. The molecule has 8 nitrogen and oxygen atoms in total. The number of nitrogens with one attached hydrogen (secondary N) is 2. The molecular formula is C20H18F2N4O4S2. The van der Waals surface area contributed by atoms with E-state index in [0.29, 0.717) is 4.70 Å². The van der Waals surface area contributed by atoms with E-state index in [0.717, 1.165) is 48.8 Å². The largest absolute Gasteiger partial charge is 0.352 e. The van der Waals surface area contributed by atoms with Crippen LogP contribution in [-0.4, -0.2) is 49.0 Å². The lowest BCUT2D eigenvalue weighted by atomic mass is 10.1. The first-order valence-corrected chi connectivity index (χ1v) is 12.4. The van der Waals surface area contributed by atoms with Gasteiger partial charge in [0, 0.05) is 35.7 Å². The number of pyridine rings is 1. The summed E-state index contributed by atoms with van der Waals surface area (Å²) in [6.07, 6.45) is 4.93. The Labute approximate surface area is 186 Å². The van der Waals surface area contributed by atoms with Crippen LogP contribution >= 0.6 is 11.3 Å². The Kier molecular flexibility index (Phi) is 5.91. The van der Waals surface area contributed by atoms with Crippen LogP contribution in [0.15, 0.2) is 30.6 Å². The van der Waals surface area contributed by atoms with E-state index in [-0.39, 0.29) is 34.2 Å². The maximum absolute atomic E-state index is 14.6. The van der Waals surface area contributed by atoms with E-state index in [1.54, 1.807) is 0 Å². The Morgan fingerprint density at radius 1 is 1.22 bits per heavy atom. The predicted octanol–water partition coefficient (Wildman–Crippen LogP) is 2.12. The van der Waals surface area contributed by atoms with Crippen molar-refractivity contribution < 1.29 is 26.8 Å². The molecule has 2 heterocycles. The molecule has 1 aliphatic carbocycles. The highest BCUT2D eigenvalue weighted by molar-refractivity contribution is 7.91. The van der Waals surface area contributed by atoms with Crippen LogP contribution in [0.5, 0.6) is 0 Å². The monoisotopic (exact) mass is 480 g/mol. The van der Waals surface area contributed by atoms with Crippen LogP contribution in [0.4, 0.5) is 8.78 Å². The number of carbonyl (C=O) groups is 2. The predicted molar refractivity (Wildman–Crippen MR) is 115 cm³/mol. The third-order valence-electron chi connectivity index (χ3n) is 4.77. The van der Waals surface area contributed by atoms with E-state index in [1.807, 2.05) is 0 Å². The molecule has 12 heteroatoms. The van der Waals surface area contributed by atoms with Crippen LogP contribution in [0.2, 0.25) is 0 Å². The highest BCUT2D eigenvalue weighted by atomic mass is 32.2. The molecule has 2 aromatic heterocycles. The van der Waals surface area contributed by atoms with Crippen LogP contribution in [0, 0.1) is 11.6 Å². The van der Waals surface area contributed by atoms with E-state index in [4.69, 9.17) is 0 Å². The second kappa shape index (κ2) is 8.51. The molecule has 1 aromatic carbocycles. The van der Waals surface area contributed by atoms with E-state index < -0.39 is 38.5 Å². The van der Waals surface area contributed by atoms with Crippen LogP contribution in [0.1, 0.15) is 23.1 Å². The van der Waals surface area contributed by atoms with Gasteiger partial charge in [0.15, 0.2) is 15.1 Å². The molecule has 2 N–H and O–H groups in total. The molecule has 0 spiro atoms. The van der Waals surface area contributed by atoms with Crippen molar-refractivity contribution in [2.24, 2.45) is 0 Å². The van der Waals surface area contributed by atoms with Crippen molar-refractivity contribution in [1.82, 2.24) is 20.6 Å². The SMILES string of the molecule is CS(=O)(=O)C(C(=O)NCC(=O)NC1CC1)c1nc2cc(F)c(-c3cncc(F)c3)cc2s1. The Balaban J connectivity index is 1.64. The number of rotatable bonds is 7. The van der Waals surface area contributed by atoms with Gasteiger partial charge in [-0.05, 0) is 25.0 Å². The topological polar surface area (TPSA) is 118 Å². The summed E-state index contributed by atoms with van der Waals surface area (Å²) < 4.78 is 53.3. The number of benzene rings is 1. The lowest BCUT2D eigenvalue weighted by molar-refractivity contribution is -0.126. The van der Waals surface area contributed by atoms with Crippen molar-refractivity contribution in [2.45, 2.75) is 24.1 Å². The fraction of sp³-hybridized carbons (Fsp3) is 0.300. The average Bonchev–Trinajstić information content (AvgIpc) is 3.42. The number of carbonyl (C=O) groups excluding carboxylic acids is 2. The van der Waals surface area contributed by atoms with Gasteiger partial charge in [-0.25, -0.2) is 22.2 Å². The molecule has 1 unspecified atom stereocenters. The molecule has 1 fully saturated rings. The summed E-state index contributed by atoms with van der Waals surface area (Å²) in [6, 6.07) is 3.73. The minimum absolute atomic E-state index is 0.0588. The third kappa shape index (κ3) is 4.91. The van der Waals surface area contributed by atoms with Crippen LogP contribution in [0.25, 0.3) is 21.3 Å². The number of halogens is 2. The Morgan fingerprint density at radius 3 is 2.62 bits per heavy atom.